The number of benzene rings is 2. The average Bonchev–Trinajstić information content (AvgIpc) is 2.70. The normalized spacial score (nSPS) is 13.6. The van der Waals surface area contributed by atoms with Gasteiger partial charge in [0.05, 0.1) is 10.9 Å². The topological polar surface area (TPSA) is 58.1 Å². The molecule has 0 radical (unpaired) electrons. The Morgan fingerprint density at radius 3 is 2.67 bits per heavy atom. The van der Waals surface area contributed by atoms with Gasteiger partial charge in [-0.15, -0.1) is 0 Å². The number of aromatic nitrogens is 2. The molecular formula is C21H21N3O2S. The number of nitrogens with one attached hydrogen (secondary N) is 1. The van der Waals surface area contributed by atoms with Crippen molar-refractivity contribution in [1.82, 2.24) is 14.5 Å². The van der Waals surface area contributed by atoms with E-state index in [4.69, 9.17) is 12.2 Å². The highest BCUT2D eigenvalue weighted by atomic mass is 32.1. The van der Waals surface area contributed by atoms with E-state index < -0.39 is 0 Å². The van der Waals surface area contributed by atoms with Gasteiger partial charge in [0.25, 0.3) is 5.56 Å². The molecule has 138 valence electrons. The van der Waals surface area contributed by atoms with Crippen LogP contribution in [0.2, 0.25) is 0 Å². The first kappa shape index (κ1) is 17.7. The van der Waals surface area contributed by atoms with Crippen molar-refractivity contribution in [2.45, 2.75) is 32.4 Å². The molecule has 0 spiro atoms. The number of carbonyl (C=O) groups excluding carboxylic acids is 1. The number of hydrogen-bond acceptors (Lipinski definition) is 3. The number of para-hydroxylation sites is 1. The second-order valence-electron chi connectivity index (χ2n) is 6.87. The van der Waals surface area contributed by atoms with Crippen molar-refractivity contribution in [3.8, 4) is 0 Å². The number of H-pyrrole nitrogens is 1. The average molecular weight is 379 g/mol. The predicted octanol–water partition coefficient (Wildman–Crippen LogP) is 3.42. The Balaban J connectivity index is 1.42. The van der Waals surface area contributed by atoms with E-state index in [-0.39, 0.29) is 11.5 Å². The summed E-state index contributed by atoms with van der Waals surface area (Å²) in [6, 6.07) is 15.6. The van der Waals surface area contributed by atoms with Crippen LogP contribution in [-0.4, -0.2) is 26.9 Å². The number of rotatable bonds is 4. The monoisotopic (exact) mass is 379 g/mol. The molecule has 2 aromatic carbocycles. The SMILES string of the molecule is O=C(CCCn1c(=S)[nH]c2ccccc2c1=O)N1CCc2ccccc2C1. The lowest BCUT2D eigenvalue weighted by Gasteiger charge is -2.29. The largest absolute Gasteiger partial charge is 0.338 e. The van der Waals surface area contributed by atoms with Gasteiger partial charge in [-0.25, -0.2) is 0 Å². The first-order chi connectivity index (χ1) is 13.1. The molecule has 0 atom stereocenters. The van der Waals surface area contributed by atoms with E-state index in [1.54, 1.807) is 10.6 Å². The Labute approximate surface area is 162 Å². The van der Waals surface area contributed by atoms with Crippen molar-refractivity contribution in [2.75, 3.05) is 6.54 Å². The molecule has 5 nitrogen and oxygen atoms in total. The van der Waals surface area contributed by atoms with Gasteiger partial charge in [0.1, 0.15) is 0 Å². The molecule has 1 N–H and O–H groups in total. The molecule has 1 aliphatic heterocycles. The number of carbonyl (C=O) groups is 1. The predicted molar refractivity (Wildman–Crippen MR) is 108 cm³/mol. The molecule has 0 bridgehead atoms. The van der Waals surface area contributed by atoms with E-state index in [9.17, 15) is 9.59 Å². The maximum atomic E-state index is 12.6. The van der Waals surface area contributed by atoms with E-state index in [0.717, 1.165) is 18.5 Å². The fourth-order valence-corrected chi connectivity index (χ4v) is 3.94. The van der Waals surface area contributed by atoms with E-state index in [0.29, 0.717) is 36.1 Å². The summed E-state index contributed by atoms with van der Waals surface area (Å²) in [6.45, 7) is 1.87. The zero-order valence-corrected chi connectivity index (χ0v) is 15.8. The molecule has 0 unspecified atom stereocenters. The van der Waals surface area contributed by atoms with Gasteiger partial charge in [-0.1, -0.05) is 36.4 Å². The van der Waals surface area contributed by atoms with Crippen molar-refractivity contribution in [1.29, 1.82) is 0 Å². The fraction of sp³-hybridized carbons (Fsp3) is 0.286. The maximum absolute atomic E-state index is 12.6. The van der Waals surface area contributed by atoms with Crippen LogP contribution in [0.25, 0.3) is 10.9 Å². The summed E-state index contributed by atoms with van der Waals surface area (Å²) >= 11 is 5.33. The minimum absolute atomic E-state index is 0.103. The summed E-state index contributed by atoms with van der Waals surface area (Å²) in [7, 11) is 0. The summed E-state index contributed by atoms with van der Waals surface area (Å²) < 4.78 is 1.95. The highest BCUT2D eigenvalue weighted by Gasteiger charge is 2.20. The molecule has 0 saturated carbocycles. The lowest BCUT2D eigenvalue weighted by molar-refractivity contribution is -0.132. The molecule has 6 heteroatoms. The Hall–Kier alpha value is -2.73. The minimum atomic E-state index is -0.103. The van der Waals surface area contributed by atoms with Crippen molar-refractivity contribution >= 4 is 29.0 Å². The van der Waals surface area contributed by atoms with Gasteiger partial charge >= 0.3 is 0 Å². The highest BCUT2D eigenvalue weighted by Crippen LogP contribution is 2.19. The third-order valence-corrected chi connectivity index (χ3v) is 5.47. The number of aromatic amines is 1. The fourth-order valence-electron chi connectivity index (χ4n) is 3.66. The van der Waals surface area contributed by atoms with Gasteiger partial charge in [0.15, 0.2) is 4.77 Å². The highest BCUT2D eigenvalue weighted by molar-refractivity contribution is 7.71. The van der Waals surface area contributed by atoms with Crippen molar-refractivity contribution in [3.05, 3.63) is 74.8 Å². The lowest BCUT2D eigenvalue weighted by Crippen LogP contribution is -2.36. The molecule has 0 saturated heterocycles. The standard InChI is InChI=1S/C21H21N3O2S/c25-19(23-13-11-15-6-1-2-7-16(15)14-23)10-5-12-24-20(26)17-8-3-4-9-18(17)22-21(24)27/h1-4,6-9H,5,10-14H2,(H,22,27). The first-order valence-electron chi connectivity index (χ1n) is 9.20. The van der Waals surface area contributed by atoms with Gasteiger partial charge in [0.2, 0.25) is 5.91 Å². The zero-order chi connectivity index (χ0) is 18.8. The zero-order valence-electron chi connectivity index (χ0n) is 15.0. The minimum Gasteiger partial charge on any atom is -0.338 e. The quantitative estimate of drug-likeness (QED) is 0.707. The van der Waals surface area contributed by atoms with Crippen LogP contribution in [0.15, 0.2) is 53.3 Å². The first-order valence-corrected chi connectivity index (χ1v) is 9.61. The summed E-state index contributed by atoms with van der Waals surface area (Å²) in [5, 5.41) is 0.616. The molecule has 0 fully saturated rings. The smallest absolute Gasteiger partial charge is 0.262 e. The Morgan fingerprint density at radius 2 is 1.81 bits per heavy atom. The van der Waals surface area contributed by atoms with Gasteiger partial charge in [-0.05, 0) is 48.3 Å². The molecule has 3 aromatic rings. The molecule has 27 heavy (non-hydrogen) atoms. The van der Waals surface area contributed by atoms with E-state index in [1.165, 1.54) is 11.1 Å². The van der Waals surface area contributed by atoms with Crippen molar-refractivity contribution in [2.24, 2.45) is 0 Å². The van der Waals surface area contributed by atoms with Crippen molar-refractivity contribution in [3.63, 3.8) is 0 Å². The molecule has 0 aliphatic carbocycles. The van der Waals surface area contributed by atoms with Crippen LogP contribution < -0.4 is 5.56 Å². The van der Waals surface area contributed by atoms with E-state index >= 15 is 0 Å². The lowest BCUT2D eigenvalue weighted by atomic mass is 9.99. The van der Waals surface area contributed by atoms with Crippen LogP contribution in [0.5, 0.6) is 0 Å². The summed E-state index contributed by atoms with van der Waals surface area (Å²) in [4.78, 5) is 30.2. The second-order valence-corrected chi connectivity index (χ2v) is 7.26. The number of nitrogens with zero attached hydrogens (tertiary/aromatic N) is 2. The second kappa shape index (κ2) is 7.48. The number of fused-ring (bicyclic) bond motifs is 2. The van der Waals surface area contributed by atoms with Crippen LogP contribution in [0, 0.1) is 4.77 Å². The molecule has 1 amide bonds. The third-order valence-electron chi connectivity index (χ3n) is 5.15. The Kier molecular flexibility index (Phi) is 4.90. The van der Waals surface area contributed by atoms with Crippen LogP contribution in [0.3, 0.4) is 0 Å². The maximum Gasteiger partial charge on any atom is 0.262 e. The van der Waals surface area contributed by atoms with Gasteiger partial charge in [-0.2, -0.15) is 0 Å². The van der Waals surface area contributed by atoms with Gasteiger partial charge in [0, 0.05) is 26.1 Å². The molecule has 4 rings (SSSR count). The summed E-state index contributed by atoms with van der Waals surface area (Å²) in [6.07, 6.45) is 1.90. The molecule has 1 aromatic heterocycles. The van der Waals surface area contributed by atoms with Crippen LogP contribution in [0.4, 0.5) is 0 Å². The molecule has 2 heterocycles. The third kappa shape index (κ3) is 3.57. The van der Waals surface area contributed by atoms with E-state index in [2.05, 4.69) is 17.1 Å². The number of hydrogen-bond donors (Lipinski definition) is 1. The Bertz CT molecular complexity index is 1120. The van der Waals surface area contributed by atoms with Crippen LogP contribution >= 0.6 is 12.2 Å². The Morgan fingerprint density at radius 1 is 1.07 bits per heavy atom. The number of amides is 1. The van der Waals surface area contributed by atoms with E-state index in [1.807, 2.05) is 35.2 Å². The van der Waals surface area contributed by atoms with Crippen LogP contribution in [-0.2, 0) is 24.3 Å². The van der Waals surface area contributed by atoms with Crippen LogP contribution in [0.1, 0.15) is 24.0 Å². The summed E-state index contributed by atoms with van der Waals surface area (Å²) in [5.41, 5.74) is 3.20. The molecular weight excluding hydrogens is 358 g/mol. The molecule has 1 aliphatic rings. The van der Waals surface area contributed by atoms with Crippen molar-refractivity contribution < 1.29 is 4.79 Å². The van der Waals surface area contributed by atoms with Gasteiger partial charge < -0.3 is 9.88 Å². The van der Waals surface area contributed by atoms with Gasteiger partial charge in [-0.3, -0.25) is 14.2 Å². The summed E-state index contributed by atoms with van der Waals surface area (Å²) in [5.74, 6) is 0.133.